The molecule has 0 spiro atoms. The predicted octanol–water partition coefficient (Wildman–Crippen LogP) is 1.69. The highest BCUT2D eigenvalue weighted by atomic mass is 32.1. The average Bonchev–Trinajstić information content (AvgIpc) is 3.32. The number of carbonyl (C=O) groups is 2. The molecule has 13 heteroatoms. The first-order chi connectivity index (χ1) is 15.0. The van der Waals surface area contributed by atoms with Crippen LogP contribution in [-0.4, -0.2) is 52.6 Å². The second kappa shape index (κ2) is 9.80. The molecule has 4 N–H and O–H groups in total. The van der Waals surface area contributed by atoms with Gasteiger partial charge in [0.15, 0.2) is 10.8 Å². The second-order valence-electron chi connectivity index (χ2n) is 8.48. The van der Waals surface area contributed by atoms with Gasteiger partial charge >= 0.3 is 13.3 Å². The normalized spacial score (nSPS) is 20.1. The number of rotatable bonds is 9. The lowest BCUT2D eigenvalue weighted by Gasteiger charge is -2.40. The van der Waals surface area contributed by atoms with Crippen LogP contribution < -0.4 is 15.5 Å². The first-order valence-corrected chi connectivity index (χ1v) is 11.3. The van der Waals surface area contributed by atoms with Crippen LogP contribution in [0.3, 0.4) is 0 Å². The molecule has 0 unspecified atom stereocenters. The number of carbonyl (C=O) groups excluding carboxylic acids is 2. The van der Waals surface area contributed by atoms with Gasteiger partial charge in [-0.15, -0.1) is 11.3 Å². The Kier molecular flexibility index (Phi) is 7.51. The summed E-state index contributed by atoms with van der Waals surface area (Å²) in [4.78, 5) is 30.7. The Morgan fingerprint density at radius 2 is 2.03 bits per heavy atom. The first kappa shape index (κ1) is 24.5. The lowest BCUT2D eigenvalue weighted by Crippen LogP contribution is -2.59. The number of halogens is 3. The van der Waals surface area contributed by atoms with E-state index in [-0.39, 0.29) is 22.6 Å². The van der Waals surface area contributed by atoms with Gasteiger partial charge < -0.3 is 25.6 Å². The van der Waals surface area contributed by atoms with Crippen molar-refractivity contribution in [2.75, 3.05) is 11.4 Å². The fourth-order valence-corrected chi connectivity index (χ4v) is 4.29. The van der Waals surface area contributed by atoms with Crippen molar-refractivity contribution in [3.8, 4) is 0 Å². The van der Waals surface area contributed by atoms with Gasteiger partial charge in [-0.2, -0.15) is 13.2 Å². The number of hydrogen-bond acceptors (Lipinski definition) is 7. The number of hydrogen-bond donors (Lipinski definition) is 4. The molecule has 176 valence electrons. The van der Waals surface area contributed by atoms with Crippen LogP contribution in [-0.2, 0) is 15.8 Å². The SMILES string of the molecule is CC(C)/C=C(/NC(=O)[C@H](CC1CC1)NC(=O)[C@@H]1CCN1c1nc(C(F)(F)F)cs1)B(O)O. The molecule has 1 aromatic rings. The maximum absolute atomic E-state index is 12.8. The monoisotopic (exact) mass is 474 g/mol. The molecule has 0 bridgehead atoms. The Balaban J connectivity index is 1.66. The van der Waals surface area contributed by atoms with Gasteiger partial charge in [-0.3, -0.25) is 9.59 Å². The van der Waals surface area contributed by atoms with Crippen LogP contribution >= 0.6 is 11.3 Å². The largest absolute Gasteiger partial charge is 0.505 e. The molecule has 1 aliphatic carbocycles. The summed E-state index contributed by atoms with van der Waals surface area (Å²) in [7, 11) is -1.87. The Hall–Kier alpha value is -2.12. The van der Waals surface area contributed by atoms with Gasteiger partial charge in [0.2, 0.25) is 11.8 Å². The second-order valence-corrected chi connectivity index (χ2v) is 9.32. The summed E-state index contributed by atoms with van der Waals surface area (Å²) in [5.74, 6) is -0.801. The van der Waals surface area contributed by atoms with E-state index in [0.717, 1.165) is 29.6 Å². The van der Waals surface area contributed by atoms with Gasteiger partial charge in [-0.25, -0.2) is 4.98 Å². The van der Waals surface area contributed by atoms with Crippen molar-refractivity contribution in [3.63, 3.8) is 0 Å². The number of amides is 2. The number of thiazole rings is 1. The molecule has 1 aliphatic heterocycles. The standard InChI is InChI=1S/C19H26BF3N4O4S/c1-10(2)7-15(20(30)31)26-16(28)12(8-11-3-4-11)24-17(29)13-5-6-27(13)18-25-14(9-32-18)19(21,22)23/h7,9-13,30-31H,3-6,8H2,1-2H3,(H,24,29)(H,26,28)/b15-7+/t12-,13-/m0/s1. The summed E-state index contributed by atoms with van der Waals surface area (Å²) in [5.41, 5.74) is -1.06. The Labute approximate surface area is 188 Å². The van der Waals surface area contributed by atoms with Crippen LogP contribution in [0.25, 0.3) is 0 Å². The molecular weight excluding hydrogens is 448 g/mol. The highest BCUT2D eigenvalue weighted by Gasteiger charge is 2.41. The fraction of sp³-hybridized carbons (Fsp3) is 0.632. The van der Waals surface area contributed by atoms with Gasteiger partial charge in [0.25, 0.3) is 0 Å². The van der Waals surface area contributed by atoms with E-state index in [9.17, 15) is 32.8 Å². The minimum atomic E-state index is -4.55. The molecule has 8 nitrogen and oxygen atoms in total. The van der Waals surface area contributed by atoms with Crippen molar-refractivity contribution in [2.24, 2.45) is 11.8 Å². The zero-order valence-corrected chi connectivity index (χ0v) is 18.5. The van der Waals surface area contributed by atoms with Crippen LogP contribution in [0.4, 0.5) is 18.3 Å². The van der Waals surface area contributed by atoms with Gasteiger partial charge in [-0.05, 0) is 24.7 Å². The Morgan fingerprint density at radius 3 is 2.50 bits per heavy atom. The van der Waals surface area contributed by atoms with Crippen molar-refractivity contribution in [2.45, 2.75) is 57.8 Å². The molecule has 2 atom stereocenters. The van der Waals surface area contributed by atoms with Crippen molar-refractivity contribution in [3.05, 3.63) is 22.7 Å². The van der Waals surface area contributed by atoms with Crippen molar-refractivity contribution in [1.29, 1.82) is 0 Å². The number of nitrogens with one attached hydrogen (secondary N) is 2. The third-order valence-corrected chi connectivity index (χ3v) is 6.19. The molecule has 2 amide bonds. The smallest absolute Gasteiger partial charge is 0.422 e. The van der Waals surface area contributed by atoms with E-state index in [4.69, 9.17) is 0 Å². The number of aromatic nitrogens is 1. The number of allylic oxidation sites excluding steroid dienone is 1. The van der Waals surface area contributed by atoms with Crippen LogP contribution in [0.1, 0.15) is 45.2 Å². The van der Waals surface area contributed by atoms with E-state index < -0.39 is 42.9 Å². The lowest BCUT2D eigenvalue weighted by atomic mass is 9.83. The van der Waals surface area contributed by atoms with Crippen LogP contribution in [0.2, 0.25) is 0 Å². The van der Waals surface area contributed by atoms with E-state index in [1.807, 2.05) is 13.8 Å². The van der Waals surface area contributed by atoms with E-state index in [2.05, 4.69) is 15.6 Å². The summed E-state index contributed by atoms with van der Waals surface area (Å²) in [6, 6.07) is -1.61. The summed E-state index contributed by atoms with van der Waals surface area (Å²) in [6.07, 6.45) is -0.345. The minimum absolute atomic E-state index is 0.0491. The van der Waals surface area contributed by atoms with Crippen LogP contribution in [0.15, 0.2) is 17.1 Å². The zero-order valence-electron chi connectivity index (χ0n) is 17.7. The van der Waals surface area contributed by atoms with Gasteiger partial charge in [0.05, 0.1) is 0 Å². The van der Waals surface area contributed by atoms with E-state index in [1.165, 1.54) is 11.0 Å². The molecule has 0 radical (unpaired) electrons. The number of anilines is 1. The summed E-state index contributed by atoms with van der Waals surface area (Å²) in [5, 5.41) is 25.2. The highest BCUT2D eigenvalue weighted by Crippen LogP contribution is 2.36. The lowest BCUT2D eigenvalue weighted by molar-refractivity contribution is -0.140. The molecule has 32 heavy (non-hydrogen) atoms. The van der Waals surface area contributed by atoms with Gasteiger partial charge in [-0.1, -0.05) is 32.8 Å². The Morgan fingerprint density at radius 1 is 1.34 bits per heavy atom. The van der Waals surface area contributed by atoms with E-state index in [1.54, 1.807) is 0 Å². The van der Waals surface area contributed by atoms with E-state index >= 15 is 0 Å². The number of nitrogens with zero attached hydrogens (tertiary/aromatic N) is 2. The highest BCUT2D eigenvalue weighted by molar-refractivity contribution is 7.13. The average molecular weight is 474 g/mol. The number of alkyl halides is 3. The van der Waals surface area contributed by atoms with Gasteiger partial charge in [0.1, 0.15) is 12.1 Å². The molecule has 2 fully saturated rings. The van der Waals surface area contributed by atoms with Crippen molar-refractivity contribution in [1.82, 2.24) is 15.6 Å². The maximum Gasteiger partial charge on any atom is 0.505 e. The Bertz CT molecular complexity index is 873. The summed E-state index contributed by atoms with van der Waals surface area (Å²) >= 11 is 0.817. The molecular formula is C19H26BF3N4O4S. The fourth-order valence-electron chi connectivity index (χ4n) is 3.38. The molecule has 3 rings (SSSR count). The molecule has 1 aromatic heterocycles. The molecule has 2 heterocycles. The molecule has 1 saturated heterocycles. The quantitative estimate of drug-likeness (QED) is 0.405. The topological polar surface area (TPSA) is 115 Å². The van der Waals surface area contributed by atoms with Crippen LogP contribution in [0.5, 0.6) is 0 Å². The minimum Gasteiger partial charge on any atom is -0.422 e. The molecule has 2 aliphatic rings. The summed E-state index contributed by atoms with van der Waals surface area (Å²) < 4.78 is 38.5. The third-order valence-electron chi connectivity index (χ3n) is 5.31. The summed E-state index contributed by atoms with van der Waals surface area (Å²) in [6.45, 7) is 4.01. The third kappa shape index (κ3) is 6.23. The predicted molar refractivity (Wildman–Crippen MR) is 113 cm³/mol. The van der Waals surface area contributed by atoms with E-state index in [0.29, 0.717) is 19.4 Å². The maximum atomic E-state index is 12.8. The van der Waals surface area contributed by atoms with Crippen LogP contribution in [0, 0.1) is 11.8 Å². The molecule has 1 saturated carbocycles. The van der Waals surface area contributed by atoms with Crippen molar-refractivity contribution >= 4 is 35.4 Å². The van der Waals surface area contributed by atoms with Gasteiger partial charge in [0, 0.05) is 17.5 Å². The zero-order chi connectivity index (χ0) is 23.6. The van der Waals surface area contributed by atoms with Crippen molar-refractivity contribution < 1.29 is 32.8 Å². The first-order valence-electron chi connectivity index (χ1n) is 10.4. The molecule has 0 aromatic carbocycles.